The zero-order valence-corrected chi connectivity index (χ0v) is 12.6. The molecule has 1 fully saturated rings. The highest BCUT2D eigenvalue weighted by Gasteiger charge is 2.29. The van der Waals surface area contributed by atoms with E-state index < -0.39 is 0 Å². The second-order valence-corrected chi connectivity index (χ2v) is 7.06. The van der Waals surface area contributed by atoms with Crippen LogP contribution in [-0.4, -0.2) is 18.3 Å². The summed E-state index contributed by atoms with van der Waals surface area (Å²) < 4.78 is 13.5. The molecule has 0 bridgehead atoms. The molecule has 3 N–H and O–H groups in total. The predicted molar refractivity (Wildman–Crippen MR) is 82.4 cm³/mol. The molecule has 110 valence electrons. The van der Waals surface area contributed by atoms with Crippen molar-refractivity contribution in [2.24, 2.45) is 11.7 Å². The Hall–Kier alpha value is -0.580. The molecule has 0 saturated heterocycles. The van der Waals surface area contributed by atoms with Gasteiger partial charge in [0.25, 0.3) is 0 Å². The van der Waals surface area contributed by atoms with Gasteiger partial charge in [0.05, 0.1) is 0 Å². The molecule has 1 aliphatic heterocycles. The Morgan fingerprint density at radius 3 is 2.95 bits per heavy atom. The van der Waals surface area contributed by atoms with Gasteiger partial charge in [-0.15, -0.1) is 11.8 Å². The highest BCUT2D eigenvalue weighted by atomic mass is 32.2. The summed E-state index contributed by atoms with van der Waals surface area (Å²) >= 11 is 1.84. The van der Waals surface area contributed by atoms with Gasteiger partial charge < -0.3 is 11.1 Å². The summed E-state index contributed by atoms with van der Waals surface area (Å²) in [5, 5.41) is 3.78. The number of nitrogens with two attached hydrogens (primary N) is 1. The van der Waals surface area contributed by atoms with Crippen LogP contribution in [0.15, 0.2) is 23.1 Å². The van der Waals surface area contributed by atoms with E-state index in [-0.39, 0.29) is 5.82 Å². The highest BCUT2D eigenvalue weighted by molar-refractivity contribution is 7.99. The fraction of sp³-hybridized carbons (Fsp3) is 0.625. The monoisotopic (exact) mass is 294 g/mol. The Morgan fingerprint density at radius 2 is 2.10 bits per heavy atom. The second-order valence-electron chi connectivity index (χ2n) is 5.93. The van der Waals surface area contributed by atoms with Crippen LogP contribution in [0.1, 0.15) is 43.7 Å². The molecular weight excluding hydrogens is 271 g/mol. The van der Waals surface area contributed by atoms with Crippen LogP contribution in [0.5, 0.6) is 0 Å². The van der Waals surface area contributed by atoms with E-state index >= 15 is 0 Å². The van der Waals surface area contributed by atoms with E-state index in [1.807, 2.05) is 17.8 Å². The van der Waals surface area contributed by atoms with E-state index in [1.165, 1.54) is 30.6 Å². The van der Waals surface area contributed by atoms with Crippen LogP contribution >= 0.6 is 11.8 Å². The molecule has 0 aromatic heterocycles. The van der Waals surface area contributed by atoms with Crippen molar-refractivity contribution in [1.82, 2.24) is 5.32 Å². The minimum atomic E-state index is -0.128. The van der Waals surface area contributed by atoms with Gasteiger partial charge in [-0.05, 0) is 61.2 Å². The lowest BCUT2D eigenvalue weighted by Crippen LogP contribution is -2.44. The molecule has 20 heavy (non-hydrogen) atoms. The normalized spacial score (nSPS) is 30.0. The van der Waals surface area contributed by atoms with E-state index in [9.17, 15) is 4.39 Å². The van der Waals surface area contributed by atoms with Crippen LogP contribution in [0.3, 0.4) is 0 Å². The predicted octanol–water partition coefficient (Wildman–Crippen LogP) is 3.47. The third-order valence-electron chi connectivity index (χ3n) is 4.64. The van der Waals surface area contributed by atoms with Crippen LogP contribution in [0.4, 0.5) is 4.39 Å². The summed E-state index contributed by atoms with van der Waals surface area (Å²) in [5.41, 5.74) is 7.05. The average molecular weight is 294 g/mol. The fourth-order valence-corrected chi connectivity index (χ4v) is 4.61. The molecule has 2 nitrogen and oxygen atoms in total. The highest BCUT2D eigenvalue weighted by Crippen LogP contribution is 2.38. The maximum atomic E-state index is 13.5. The quantitative estimate of drug-likeness (QED) is 0.896. The number of nitrogens with one attached hydrogen (secondary N) is 1. The van der Waals surface area contributed by atoms with Crippen LogP contribution in [-0.2, 0) is 0 Å². The maximum Gasteiger partial charge on any atom is 0.123 e. The van der Waals surface area contributed by atoms with Gasteiger partial charge >= 0.3 is 0 Å². The van der Waals surface area contributed by atoms with E-state index in [0.717, 1.165) is 24.3 Å². The molecule has 4 heteroatoms. The third-order valence-corrected chi connectivity index (χ3v) is 5.76. The SMILES string of the molecule is NCC1CCCCC1NC1CCSc2ccc(F)cc21. The Balaban J connectivity index is 1.76. The Labute approximate surface area is 124 Å². The Bertz CT molecular complexity index is 466. The van der Waals surface area contributed by atoms with E-state index in [2.05, 4.69) is 5.32 Å². The summed E-state index contributed by atoms with van der Waals surface area (Å²) in [4.78, 5) is 1.23. The molecule has 3 rings (SSSR count). The number of rotatable bonds is 3. The van der Waals surface area contributed by atoms with Crippen molar-refractivity contribution in [3.63, 3.8) is 0 Å². The molecule has 0 radical (unpaired) electrons. The zero-order valence-electron chi connectivity index (χ0n) is 11.8. The van der Waals surface area contributed by atoms with Crippen molar-refractivity contribution >= 4 is 11.8 Å². The minimum absolute atomic E-state index is 0.128. The van der Waals surface area contributed by atoms with Crippen molar-refractivity contribution in [3.8, 4) is 0 Å². The topological polar surface area (TPSA) is 38.0 Å². The standard InChI is InChI=1S/C16H23FN2S/c17-12-5-6-16-13(9-12)15(7-8-20-16)19-14-4-2-1-3-11(14)10-18/h5-6,9,11,14-15,19H,1-4,7-8,10,18H2. The lowest BCUT2D eigenvalue weighted by molar-refractivity contribution is 0.244. The smallest absolute Gasteiger partial charge is 0.123 e. The number of benzene rings is 1. The van der Waals surface area contributed by atoms with Gasteiger partial charge in [-0.2, -0.15) is 0 Å². The first-order chi connectivity index (χ1) is 9.78. The van der Waals surface area contributed by atoms with E-state index in [0.29, 0.717) is 18.0 Å². The van der Waals surface area contributed by atoms with Gasteiger partial charge in [-0.25, -0.2) is 4.39 Å². The van der Waals surface area contributed by atoms with Crippen LogP contribution in [0.25, 0.3) is 0 Å². The molecule has 1 heterocycles. The van der Waals surface area contributed by atoms with Gasteiger partial charge in [0.2, 0.25) is 0 Å². The first-order valence-electron chi connectivity index (χ1n) is 7.66. The number of hydrogen-bond acceptors (Lipinski definition) is 3. The second kappa shape index (κ2) is 6.46. The Morgan fingerprint density at radius 1 is 1.25 bits per heavy atom. The summed E-state index contributed by atoms with van der Waals surface area (Å²) in [6, 6.07) is 5.98. The number of hydrogen-bond donors (Lipinski definition) is 2. The van der Waals surface area contributed by atoms with Gasteiger partial charge in [-0.3, -0.25) is 0 Å². The minimum Gasteiger partial charge on any atom is -0.330 e. The summed E-state index contributed by atoms with van der Waals surface area (Å²) in [7, 11) is 0. The van der Waals surface area contributed by atoms with Crippen molar-refractivity contribution in [3.05, 3.63) is 29.6 Å². The van der Waals surface area contributed by atoms with Crippen LogP contribution in [0.2, 0.25) is 0 Å². The van der Waals surface area contributed by atoms with Gasteiger partial charge in [-0.1, -0.05) is 12.8 Å². The summed E-state index contributed by atoms with van der Waals surface area (Å²) in [6.45, 7) is 0.759. The zero-order chi connectivity index (χ0) is 13.9. The third kappa shape index (κ3) is 3.02. The van der Waals surface area contributed by atoms with Gasteiger partial charge in [0.15, 0.2) is 0 Å². The van der Waals surface area contributed by atoms with Crippen molar-refractivity contribution in [2.75, 3.05) is 12.3 Å². The molecule has 1 aromatic rings. The summed E-state index contributed by atoms with van der Waals surface area (Å²) in [5.74, 6) is 1.56. The number of halogens is 1. The lowest BCUT2D eigenvalue weighted by atomic mass is 9.83. The Kier molecular flexibility index (Phi) is 4.64. The van der Waals surface area contributed by atoms with Crippen molar-refractivity contribution in [1.29, 1.82) is 0 Å². The first kappa shape index (κ1) is 14.4. The average Bonchev–Trinajstić information content (AvgIpc) is 2.48. The first-order valence-corrected chi connectivity index (χ1v) is 8.65. The van der Waals surface area contributed by atoms with Crippen molar-refractivity contribution in [2.45, 2.75) is 49.1 Å². The fourth-order valence-electron chi connectivity index (χ4n) is 3.51. The van der Waals surface area contributed by atoms with Gasteiger partial charge in [0.1, 0.15) is 5.82 Å². The molecular formula is C16H23FN2S. The molecule has 1 aromatic carbocycles. The number of fused-ring (bicyclic) bond motifs is 1. The maximum absolute atomic E-state index is 13.5. The molecule has 3 atom stereocenters. The largest absolute Gasteiger partial charge is 0.330 e. The van der Waals surface area contributed by atoms with Crippen LogP contribution < -0.4 is 11.1 Å². The molecule has 1 aliphatic carbocycles. The van der Waals surface area contributed by atoms with E-state index in [4.69, 9.17) is 5.73 Å². The lowest BCUT2D eigenvalue weighted by Gasteiger charge is -2.36. The van der Waals surface area contributed by atoms with E-state index in [1.54, 1.807) is 12.1 Å². The molecule has 2 aliphatic rings. The van der Waals surface area contributed by atoms with Crippen LogP contribution in [0, 0.1) is 11.7 Å². The molecule has 3 unspecified atom stereocenters. The van der Waals surface area contributed by atoms with Gasteiger partial charge in [0, 0.05) is 17.0 Å². The molecule has 1 saturated carbocycles. The van der Waals surface area contributed by atoms with Crippen molar-refractivity contribution < 1.29 is 4.39 Å². The number of thioether (sulfide) groups is 1. The molecule has 0 spiro atoms. The summed E-state index contributed by atoms with van der Waals surface area (Å²) in [6.07, 6.45) is 6.09. The molecule has 0 amide bonds.